The topological polar surface area (TPSA) is 108 Å². The van der Waals surface area contributed by atoms with Crippen LogP contribution in [-0.4, -0.2) is 56.5 Å². The van der Waals surface area contributed by atoms with E-state index in [9.17, 15) is 18.3 Å². The Morgan fingerprint density at radius 2 is 1.58 bits per heavy atom. The number of nitrogens with zero attached hydrogens (tertiary/aromatic N) is 1. The second-order valence-corrected chi connectivity index (χ2v) is 12.7. The van der Waals surface area contributed by atoms with E-state index in [-0.39, 0.29) is 33.8 Å². The van der Waals surface area contributed by atoms with Crippen molar-refractivity contribution in [3.63, 3.8) is 0 Å². The van der Waals surface area contributed by atoms with Gasteiger partial charge >= 0.3 is 0 Å². The van der Waals surface area contributed by atoms with Crippen LogP contribution in [0.5, 0.6) is 17.2 Å². The number of phenols is 1. The molecule has 1 fully saturated rings. The molecule has 43 heavy (non-hydrogen) atoms. The first kappa shape index (κ1) is 30.3. The molecule has 9 heteroatoms. The maximum atomic E-state index is 14.1. The summed E-state index contributed by atoms with van der Waals surface area (Å²) in [5.41, 5.74) is 4.04. The Kier molecular flexibility index (Phi) is 9.45. The molecule has 1 aliphatic heterocycles. The molecule has 0 saturated carbocycles. The number of phenolic OH excluding ortho intramolecular Hbond substituents is 1. The third-order valence-corrected chi connectivity index (χ3v) is 9.48. The largest absolute Gasteiger partial charge is 0.507 e. The fraction of sp³-hybridized carbons (Fsp3) is 0.265. The van der Waals surface area contributed by atoms with E-state index in [1.807, 2.05) is 68.4 Å². The normalized spacial score (nSPS) is 14.7. The number of aryl methyl sites for hydroxylation is 2. The summed E-state index contributed by atoms with van der Waals surface area (Å²) in [5, 5.41) is 16.2. The highest BCUT2D eigenvalue weighted by atomic mass is 32.2. The fourth-order valence-corrected chi connectivity index (χ4v) is 7.06. The smallest absolute Gasteiger partial charge is 0.255 e. The summed E-state index contributed by atoms with van der Waals surface area (Å²) in [7, 11) is -3.88. The first-order chi connectivity index (χ1) is 20.7. The van der Waals surface area contributed by atoms with E-state index < -0.39 is 10.0 Å². The minimum atomic E-state index is -3.88. The van der Waals surface area contributed by atoms with Gasteiger partial charge < -0.3 is 20.5 Å². The first-order valence-corrected chi connectivity index (χ1v) is 15.9. The Labute approximate surface area is 253 Å². The van der Waals surface area contributed by atoms with E-state index >= 15 is 0 Å². The van der Waals surface area contributed by atoms with Gasteiger partial charge in [-0.15, -0.1) is 0 Å². The molecule has 0 aromatic heterocycles. The number of carbonyl (C=O) groups excluding carboxylic acids is 1. The molecule has 0 aliphatic carbocycles. The number of rotatable bonds is 10. The van der Waals surface area contributed by atoms with Crippen LogP contribution in [0.2, 0.25) is 0 Å². The fourth-order valence-electron chi connectivity index (χ4n) is 5.47. The van der Waals surface area contributed by atoms with Crippen molar-refractivity contribution in [2.75, 3.05) is 32.7 Å². The van der Waals surface area contributed by atoms with E-state index in [1.54, 1.807) is 30.3 Å². The van der Waals surface area contributed by atoms with Crippen LogP contribution in [0.15, 0.2) is 95.9 Å². The van der Waals surface area contributed by atoms with Gasteiger partial charge in [-0.1, -0.05) is 54.6 Å². The minimum Gasteiger partial charge on any atom is -0.507 e. The molecule has 1 amide bonds. The maximum absolute atomic E-state index is 14.1. The van der Waals surface area contributed by atoms with E-state index in [2.05, 4.69) is 10.6 Å². The number of piperazine rings is 1. The van der Waals surface area contributed by atoms with Crippen LogP contribution in [0, 0.1) is 13.8 Å². The Bertz CT molecular complexity index is 1670. The van der Waals surface area contributed by atoms with Crippen LogP contribution >= 0.6 is 0 Å². The number of aromatic hydroxyl groups is 1. The summed E-state index contributed by atoms with van der Waals surface area (Å²) in [4.78, 5) is 12.9. The summed E-state index contributed by atoms with van der Waals surface area (Å²) in [6, 6.07) is 27.4. The van der Waals surface area contributed by atoms with E-state index in [1.165, 1.54) is 10.4 Å². The molecule has 0 spiro atoms. The monoisotopic (exact) mass is 599 g/mol. The molecule has 5 rings (SSSR count). The zero-order valence-corrected chi connectivity index (χ0v) is 25.2. The van der Waals surface area contributed by atoms with Crippen molar-refractivity contribution in [1.82, 2.24) is 14.9 Å². The lowest BCUT2D eigenvalue weighted by Crippen LogP contribution is -2.46. The van der Waals surface area contributed by atoms with Gasteiger partial charge in [0.1, 0.15) is 22.1 Å². The number of nitrogens with one attached hydrogen (secondary N) is 2. The van der Waals surface area contributed by atoms with E-state index in [0.717, 1.165) is 22.3 Å². The highest BCUT2D eigenvalue weighted by Crippen LogP contribution is 2.37. The summed E-state index contributed by atoms with van der Waals surface area (Å²) < 4.78 is 35.9. The molecule has 4 aromatic rings. The van der Waals surface area contributed by atoms with Gasteiger partial charge in [-0.3, -0.25) is 4.79 Å². The average molecular weight is 600 g/mol. The molecule has 1 saturated heterocycles. The molecular formula is C34H37N3O5S. The molecule has 0 radical (unpaired) electrons. The van der Waals surface area contributed by atoms with Gasteiger partial charge in [0, 0.05) is 38.6 Å². The van der Waals surface area contributed by atoms with E-state index in [0.29, 0.717) is 44.9 Å². The number of amides is 1. The van der Waals surface area contributed by atoms with Gasteiger partial charge in [0.25, 0.3) is 5.91 Å². The Morgan fingerprint density at radius 1 is 0.907 bits per heavy atom. The number of ether oxygens (including phenoxy) is 1. The zero-order chi connectivity index (χ0) is 30.4. The van der Waals surface area contributed by atoms with Gasteiger partial charge in [-0.05, 0) is 78.9 Å². The number of hydrogen-bond acceptors (Lipinski definition) is 6. The lowest BCUT2D eigenvalue weighted by Gasteiger charge is -2.28. The lowest BCUT2D eigenvalue weighted by atomic mass is 9.88. The number of para-hydroxylation sites is 1. The summed E-state index contributed by atoms with van der Waals surface area (Å²) in [6.45, 7) is 6.16. The zero-order valence-electron chi connectivity index (χ0n) is 24.4. The van der Waals surface area contributed by atoms with Crippen molar-refractivity contribution in [3.8, 4) is 17.2 Å². The lowest BCUT2D eigenvalue weighted by molar-refractivity contribution is 0.0950. The van der Waals surface area contributed by atoms with Crippen molar-refractivity contribution in [2.45, 2.75) is 31.1 Å². The van der Waals surface area contributed by atoms with Gasteiger partial charge in [0.15, 0.2) is 0 Å². The van der Waals surface area contributed by atoms with Gasteiger partial charge in [-0.25, -0.2) is 8.42 Å². The molecular weight excluding hydrogens is 562 g/mol. The number of benzene rings is 4. The number of sulfonamides is 1. The standard InChI is InChI=1S/C34H37N3O5S/c1-24-20-25(2)22-28(21-24)42-32-13-12-27(23-33(32)43(40,41)37-18-16-35-17-19-37)29(26-8-4-3-5-9-26)14-15-36-34(39)30-10-6-7-11-31(30)38/h3-13,20-23,29,35,38H,14-19H2,1-2H3,(H,36,39). The third-order valence-electron chi connectivity index (χ3n) is 7.56. The number of carbonyl (C=O) groups is 1. The number of hydrogen-bond donors (Lipinski definition) is 3. The molecule has 0 bridgehead atoms. The van der Waals surface area contributed by atoms with Gasteiger partial charge in [-0.2, -0.15) is 4.31 Å². The molecule has 3 N–H and O–H groups in total. The predicted molar refractivity (Wildman–Crippen MR) is 167 cm³/mol. The van der Waals surface area contributed by atoms with Crippen LogP contribution in [0.4, 0.5) is 0 Å². The molecule has 4 aromatic carbocycles. The SMILES string of the molecule is Cc1cc(C)cc(Oc2ccc(C(CCNC(=O)c3ccccc3O)c3ccccc3)cc2S(=O)(=O)N2CCNCC2)c1. The molecule has 1 atom stereocenters. The van der Waals surface area contributed by atoms with Crippen molar-refractivity contribution >= 4 is 15.9 Å². The van der Waals surface area contributed by atoms with Crippen molar-refractivity contribution in [1.29, 1.82) is 0 Å². The molecule has 224 valence electrons. The average Bonchev–Trinajstić information content (AvgIpc) is 3.00. The summed E-state index contributed by atoms with van der Waals surface area (Å²) >= 11 is 0. The second kappa shape index (κ2) is 13.4. The van der Waals surface area contributed by atoms with Crippen molar-refractivity contribution in [3.05, 3.63) is 119 Å². The first-order valence-electron chi connectivity index (χ1n) is 14.4. The van der Waals surface area contributed by atoms with Gasteiger partial charge in [0.05, 0.1) is 5.56 Å². The van der Waals surface area contributed by atoms with Gasteiger partial charge in [0.2, 0.25) is 10.0 Å². The quantitative estimate of drug-likeness (QED) is 0.227. The second-order valence-electron chi connectivity index (χ2n) is 10.8. The van der Waals surface area contributed by atoms with Crippen LogP contribution in [0.3, 0.4) is 0 Å². The minimum absolute atomic E-state index is 0.0817. The summed E-state index contributed by atoms with van der Waals surface area (Å²) in [6.07, 6.45) is 0.508. The highest BCUT2D eigenvalue weighted by Gasteiger charge is 2.30. The molecule has 1 aliphatic rings. The Balaban J connectivity index is 1.50. The molecule has 8 nitrogen and oxygen atoms in total. The maximum Gasteiger partial charge on any atom is 0.255 e. The van der Waals surface area contributed by atoms with Crippen LogP contribution in [-0.2, 0) is 10.0 Å². The highest BCUT2D eigenvalue weighted by molar-refractivity contribution is 7.89. The predicted octanol–water partition coefficient (Wildman–Crippen LogP) is 5.35. The third kappa shape index (κ3) is 7.25. The van der Waals surface area contributed by atoms with Crippen molar-refractivity contribution in [2.24, 2.45) is 0 Å². The molecule has 1 heterocycles. The Morgan fingerprint density at radius 3 is 2.28 bits per heavy atom. The Hall–Kier alpha value is -4.18. The van der Waals surface area contributed by atoms with E-state index in [4.69, 9.17) is 4.74 Å². The molecule has 1 unspecified atom stereocenters. The van der Waals surface area contributed by atoms with Crippen LogP contribution in [0.25, 0.3) is 0 Å². The van der Waals surface area contributed by atoms with Crippen LogP contribution in [0.1, 0.15) is 45.0 Å². The van der Waals surface area contributed by atoms with Crippen LogP contribution < -0.4 is 15.4 Å². The van der Waals surface area contributed by atoms with Crippen molar-refractivity contribution < 1.29 is 23.1 Å². The summed E-state index contributed by atoms with van der Waals surface area (Å²) in [5.74, 6) is 0.185.